The van der Waals surface area contributed by atoms with Crippen LogP contribution in [0.3, 0.4) is 0 Å². The molecule has 0 aromatic heterocycles. The standard InChI is InChI=1S/C24H27NO3/c26-23(27)22-16-25(11-12-28-22)20-9-10-24(15-20)14-19-7-2-1-5-17(19)13-18-6-3-4-8-21(18)24/h1-8,20,22H,9-16H2,(H,26,27)/t20?,22?,24-/m0/s1. The van der Waals surface area contributed by atoms with E-state index in [0.29, 0.717) is 19.2 Å². The molecule has 1 N–H and O–H groups in total. The van der Waals surface area contributed by atoms with Crippen molar-refractivity contribution in [2.45, 2.75) is 49.7 Å². The first-order chi connectivity index (χ1) is 13.6. The average Bonchev–Trinajstić information content (AvgIpc) is 3.09. The van der Waals surface area contributed by atoms with Crippen LogP contribution in [0.1, 0.15) is 41.5 Å². The summed E-state index contributed by atoms with van der Waals surface area (Å²) in [7, 11) is 0. The molecule has 3 aliphatic rings. The van der Waals surface area contributed by atoms with Gasteiger partial charge in [0, 0.05) is 24.5 Å². The third-order valence-corrected chi connectivity index (χ3v) is 7.09. The summed E-state index contributed by atoms with van der Waals surface area (Å²) >= 11 is 0. The Morgan fingerprint density at radius 2 is 1.82 bits per heavy atom. The fourth-order valence-corrected chi connectivity index (χ4v) is 5.72. The van der Waals surface area contributed by atoms with Crippen molar-refractivity contribution in [2.24, 2.45) is 0 Å². The second kappa shape index (κ2) is 7.02. The third-order valence-electron chi connectivity index (χ3n) is 7.09. The number of carboxylic acid groups (broad SMARTS) is 1. The van der Waals surface area contributed by atoms with E-state index in [1.165, 1.54) is 22.3 Å². The monoisotopic (exact) mass is 377 g/mol. The minimum atomic E-state index is -0.842. The second-order valence-electron chi connectivity index (χ2n) is 8.65. The summed E-state index contributed by atoms with van der Waals surface area (Å²) in [5.41, 5.74) is 6.05. The summed E-state index contributed by atoms with van der Waals surface area (Å²) in [6.07, 6.45) is 4.80. The molecule has 146 valence electrons. The fraction of sp³-hybridized carbons (Fsp3) is 0.458. The molecule has 1 saturated heterocycles. The Labute approximate surface area is 166 Å². The van der Waals surface area contributed by atoms with Gasteiger partial charge < -0.3 is 9.84 Å². The molecule has 1 spiro atoms. The summed E-state index contributed by atoms with van der Waals surface area (Å²) in [4.78, 5) is 13.8. The Morgan fingerprint density at radius 3 is 2.64 bits per heavy atom. The summed E-state index contributed by atoms with van der Waals surface area (Å²) in [6.45, 7) is 1.86. The highest BCUT2D eigenvalue weighted by atomic mass is 16.5. The maximum atomic E-state index is 11.4. The predicted molar refractivity (Wildman–Crippen MR) is 108 cm³/mol. The van der Waals surface area contributed by atoms with Crippen LogP contribution in [0, 0.1) is 0 Å². The third kappa shape index (κ3) is 3.05. The van der Waals surface area contributed by atoms with Crippen LogP contribution in [0.4, 0.5) is 0 Å². The number of hydrogen-bond donors (Lipinski definition) is 1. The summed E-state index contributed by atoms with van der Waals surface area (Å²) in [6, 6.07) is 18.3. The van der Waals surface area contributed by atoms with Gasteiger partial charge in [-0.15, -0.1) is 0 Å². The van der Waals surface area contributed by atoms with Crippen LogP contribution in [0.5, 0.6) is 0 Å². The predicted octanol–water partition coefficient (Wildman–Crippen LogP) is 3.41. The number of nitrogens with zero attached hydrogens (tertiary/aromatic N) is 1. The Balaban J connectivity index is 1.47. The van der Waals surface area contributed by atoms with Gasteiger partial charge in [-0.2, -0.15) is 0 Å². The van der Waals surface area contributed by atoms with Gasteiger partial charge in [-0.25, -0.2) is 4.79 Å². The lowest BCUT2D eigenvalue weighted by atomic mass is 9.73. The fourth-order valence-electron chi connectivity index (χ4n) is 5.72. The molecule has 1 aliphatic heterocycles. The van der Waals surface area contributed by atoms with Crippen molar-refractivity contribution >= 4 is 5.97 Å². The van der Waals surface area contributed by atoms with Crippen LogP contribution in [-0.2, 0) is 27.8 Å². The highest BCUT2D eigenvalue weighted by molar-refractivity contribution is 5.72. The molecule has 0 bridgehead atoms. The van der Waals surface area contributed by atoms with E-state index >= 15 is 0 Å². The molecule has 4 nitrogen and oxygen atoms in total. The van der Waals surface area contributed by atoms with Crippen LogP contribution in [0.25, 0.3) is 0 Å². The Morgan fingerprint density at radius 1 is 1.07 bits per heavy atom. The van der Waals surface area contributed by atoms with Gasteiger partial charge in [-0.1, -0.05) is 48.5 Å². The number of fused-ring (bicyclic) bond motifs is 3. The highest BCUT2D eigenvalue weighted by Gasteiger charge is 2.45. The maximum absolute atomic E-state index is 11.4. The van der Waals surface area contributed by atoms with Crippen LogP contribution in [0.15, 0.2) is 48.5 Å². The first-order valence-electron chi connectivity index (χ1n) is 10.4. The van der Waals surface area contributed by atoms with E-state index in [4.69, 9.17) is 4.74 Å². The quantitative estimate of drug-likeness (QED) is 0.871. The zero-order chi connectivity index (χ0) is 19.1. The lowest BCUT2D eigenvalue weighted by Crippen LogP contribution is -2.50. The SMILES string of the molecule is O=C(O)C1CN(C2CC[C@]3(Cc4ccccc4Cc4ccccc43)C2)CCO1. The number of morpholine rings is 1. The highest BCUT2D eigenvalue weighted by Crippen LogP contribution is 2.49. The molecule has 4 heteroatoms. The van der Waals surface area contributed by atoms with Crippen molar-refractivity contribution in [1.29, 1.82) is 0 Å². The second-order valence-corrected chi connectivity index (χ2v) is 8.65. The van der Waals surface area contributed by atoms with E-state index in [-0.39, 0.29) is 5.41 Å². The Hall–Kier alpha value is -2.17. The van der Waals surface area contributed by atoms with Crippen LogP contribution in [-0.4, -0.2) is 47.8 Å². The minimum Gasteiger partial charge on any atom is -0.479 e. The van der Waals surface area contributed by atoms with Gasteiger partial charge in [0.15, 0.2) is 6.10 Å². The molecular weight excluding hydrogens is 350 g/mol. The van der Waals surface area contributed by atoms with Crippen LogP contribution < -0.4 is 0 Å². The van der Waals surface area contributed by atoms with E-state index < -0.39 is 12.1 Å². The van der Waals surface area contributed by atoms with Crippen molar-refractivity contribution in [3.8, 4) is 0 Å². The number of carboxylic acids is 1. The molecule has 1 saturated carbocycles. The number of rotatable bonds is 2. The van der Waals surface area contributed by atoms with Gasteiger partial charge in [0.25, 0.3) is 0 Å². The van der Waals surface area contributed by atoms with Gasteiger partial charge in [0.2, 0.25) is 0 Å². The van der Waals surface area contributed by atoms with Crippen molar-refractivity contribution in [2.75, 3.05) is 19.7 Å². The van der Waals surface area contributed by atoms with Gasteiger partial charge in [0.05, 0.1) is 6.61 Å². The first-order valence-corrected chi connectivity index (χ1v) is 10.4. The molecule has 2 aliphatic carbocycles. The molecule has 3 atom stereocenters. The van der Waals surface area contributed by atoms with E-state index in [1.54, 1.807) is 0 Å². The topological polar surface area (TPSA) is 49.8 Å². The van der Waals surface area contributed by atoms with Crippen molar-refractivity contribution in [1.82, 2.24) is 4.90 Å². The molecule has 5 rings (SSSR count). The number of hydrogen-bond acceptors (Lipinski definition) is 3. The minimum absolute atomic E-state index is 0.158. The van der Waals surface area contributed by atoms with Gasteiger partial charge in [-0.3, -0.25) is 4.90 Å². The number of ether oxygens (including phenoxy) is 1. The zero-order valence-electron chi connectivity index (χ0n) is 16.1. The summed E-state index contributed by atoms with van der Waals surface area (Å²) in [5, 5.41) is 9.37. The average molecular weight is 377 g/mol. The van der Waals surface area contributed by atoms with Crippen LogP contribution >= 0.6 is 0 Å². The van der Waals surface area contributed by atoms with Gasteiger partial charge in [0.1, 0.15) is 0 Å². The number of carbonyl (C=O) groups is 1. The maximum Gasteiger partial charge on any atom is 0.334 e. The Bertz CT molecular complexity index is 895. The van der Waals surface area contributed by atoms with Gasteiger partial charge in [-0.05, 0) is 54.4 Å². The van der Waals surface area contributed by atoms with Gasteiger partial charge >= 0.3 is 5.97 Å². The summed E-state index contributed by atoms with van der Waals surface area (Å²) < 4.78 is 5.45. The van der Waals surface area contributed by atoms with Crippen molar-refractivity contribution in [3.05, 3.63) is 70.8 Å². The molecule has 2 unspecified atom stereocenters. The molecule has 1 heterocycles. The van der Waals surface area contributed by atoms with Crippen molar-refractivity contribution < 1.29 is 14.6 Å². The van der Waals surface area contributed by atoms with Crippen LogP contribution in [0.2, 0.25) is 0 Å². The van der Waals surface area contributed by atoms with E-state index in [0.717, 1.165) is 38.6 Å². The molecule has 0 amide bonds. The molecule has 2 aromatic rings. The lowest BCUT2D eigenvalue weighted by Gasteiger charge is -2.37. The van der Waals surface area contributed by atoms with E-state index in [1.807, 2.05) is 0 Å². The smallest absolute Gasteiger partial charge is 0.334 e. The molecule has 28 heavy (non-hydrogen) atoms. The van der Waals surface area contributed by atoms with E-state index in [9.17, 15) is 9.90 Å². The van der Waals surface area contributed by atoms with Crippen molar-refractivity contribution in [3.63, 3.8) is 0 Å². The zero-order valence-corrected chi connectivity index (χ0v) is 16.1. The Kier molecular flexibility index (Phi) is 4.48. The number of benzene rings is 2. The lowest BCUT2D eigenvalue weighted by molar-refractivity contribution is -0.157. The summed E-state index contributed by atoms with van der Waals surface area (Å²) in [5.74, 6) is -0.842. The molecule has 2 aromatic carbocycles. The largest absolute Gasteiger partial charge is 0.479 e. The molecular formula is C24H27NO3. The first kappa shape index (κ1) is 17.9. The van der Waals surface area contributed by atoms with E-state index in [2.05, 4.69) is 53.4 Å². The normalized spacial score (nSPS) is 29.9. The number of aliphatic carboxylic acids is 1. The molecule has 0 radical (unpaired) electrons. The molecule has 2 fully saturated rings.